The molecule has 0 bridgehead atoms. The van der Waals surface area contributed by atoms with Crippen LogP contribution in [0.15, 0.2) is 18.2 Å². The first-order valence-electron chi connectivity index (χ1n) is 8.35. The summed E-state index contributed by atoms with van der Waals surface area (Å²) in [5.74, 6) is 0.532. The number of aryl methyl sites for hydroxylation is 1. The second kappa shape index (κ2) is 13.9. The zero-order valence-electron chi connectivity index (χ0n) is 16.4. The number of ether oxygens (including phenoxy) is 2. The molecule has 4 atom stereocenters. The van der Waals surface area contributed by atoms with E-state index in [1.807, 2.05) is 39.0 Å². The third-order valence-corrected chi connectivity index (χ3v) is 3.66. The van der Waals surface area contributed by atoms with Crippen molar-refractivity contribution in [3.63, 3.8) is 0 Å². The second-order valence-electron chi connectivity index (χ2n) is 7.01. The molecule has 0 amide bonds. The number of carbonyl (C=O) groups excluding carboxylic acids is 2. The Morgan fingerprint density at radius 3 is 2.29 bits per heavy atom. The molecule has 1 fully saturated rings. The summed E-state index contributed by atoms with van der Waals surface area (Å²) in [6.07, 6.45) is -3.59. The number of rotatable bonds is 4. The van der Waals surface area contributed by atoms with Gasteiger partial charge in [0.1, 0.15) is 24.1 Å². The van der Waals surface area contributed by atoms with Gasteiger partial charge in [-0.15, -0.1) is 0 Å². The summed E-state index contributed by atoms with van der Waals surface area (Å²) in [5.41, 5.74) is 1.80. The van der Waals surface area contributed by atoms with Crippen molar-refractivity contribution >= 4 is 11.8 Å². The number of hydrogen-bond donors (Lipinski definition) is 4. The van der Waals surface area contributed by atoms with Crippen molar-refractivity contribution in [3.8, 4) is 5.75 Å². The van der Waals surface area contributed by atoms with E-state index in [4.69, 9.17) is 19.1 Å². The van der Waals surface area contributed by atoms with E-state index in [1.165, 1.54) is 0 Å². The van der Waals surface area contributed by atoms with E-state index in [-0.39, 0.29) is 72.1 Å². The minimum Gasteiger partial charge on any atom is -0.460 e. The standard InChI is InChI=1S/C17H27NO5.CO2.W.Y/c1-5-10-6-7-13(11(8-10)18-17(2,3)4)23-16-15(21)14(20)12(19)9-22-16;2-1-3;;/h6-8,12,14-16,18-21H,5,9H2,1-4H3;;;/t12-,14?,15+,16+;;;/m1.../s1. The first-order chi connectivity index (χ1) is 12.1. The molecule has 8 nitrogen and oxygen atoms in total. The molecule has 0 aliphatic carbocycles. The minimum absolute atomic E-state index is 0. The van der Waals surface area contributed by atoms with Crippen LogP contribution >= 0.6 is 0 Å². The molecule has 1 aliphatic rings. The summed E-state index contributed by atoms with van der Waals surface area (Å²) < 4.78 is 11.1. The van der Waals surface area contributed by atoms with E-state index in [1.54, 1.807) is 0 Å². The summed E-state index contributed by atoms with van der Waals surface area (Å²) in [7, 11) is 0. The maximum atomic E-state index is 10.0. The van der Waals surface area contributed by atoms with E-state index < -0.39 is 24.6 Å². The zero-order valence-corrected chi connectivity index (χ0v) is 22.2. The fraction of sp³-hybridized carbons (Fsp3) is 0.611. The van der Waals surface area contributed by atoms with Gasteiger partial charge in [-0.3, -0.25) is 0 Å². The Labute approximate surface area is 204 Å². The average molecular weight is 642 g/mol. The predicted molar refractivity (Wildman–Crippen MR) is 92.6 cm³/mol. The van der Waals surface area contributed by atoms with Gasteiger partial charge in [0.2, 0.25) is 6.29 Å². The molecule has 1 aromatic carbocycles. The van der Waals surface area contributed by atoms with Gasteiger partial charge >= 0.3 is 6.15 Å². The van der Waals surface area contributed by atoms with Gasteiger partial charge < -0.3 is 30.1 Å². The molecule has 0 aromatic heterocycles. The zero-order chi connectivity index (χ0) is 19.9. The van der Waals surface area contributed by atoms with Crippen LogP contribution in [0.3, 0.4) is 0 Å². The minimum atomic E-state index is -1.31. The Kier molecular flexibility index (Phi) is 15.0. The molecule has 28 heavy (non-hydrogen) atoms. The Balaban J connectivity index is 0. The van der Waals surface area contributed by atoms with Crippen LogP contribution in [-0.4, -0.2) is 58.2 Å². The van der Waals surface area contributed by atoms with Crippen molar-refractivity contribution in [2.24, 2.45) is 0 Å². The van der Waals surface area contributed by atoms with Crippen LogP contribution in [0.25, 0.3) is 0 Å². The van der Waals surface area contributed by atoms with Crippen molar-refractivity contribution in [1.29, 1.82) is 0 Å². The molecule has 10 heteroatoms. The number of nitrogens with one attached hydrogen (secondary N) is 1. The van der Waals surface area contributed by atoms with E-state index in [0.717, 1.165) is 17.7 Å². The van der Waals surface area contributed by atoms with E-state index in [0.29, 0.717) is 5.75 Å². The van der Waals surface area contributed by atoms with Gasteiger partial charge in [0.25, 0.3) is 0 Å². The summed E-state index contributed by atoms with van der Waals surface area (Å²) in [6, 6.07) is 5.77. The number of hydrogen-bond acceptors (Lipinski definition) is 8. The third kappa shape index (κ3) is 9.55. The molecular weight excluding hydrogens is 615 g/mol. The third-order valence-electron chi connectivity index (χ3n) is 3.66. The predicted octanol–water partition coefficient (Wildman–Crippen LogP) is 0.689. The van der Waals surface area contributed by atoms with Crippen molar-refractivity contribution in [1.82, 2.24) is 0 Å². The van der Waals surface area contributed by atoms with Crippen LogP contribution in [0.2, 0.25) is 0 Å². The molecule has 0 spiro atoms. The SMILES string of the molecule is CCc1ccc(O[C@@H]2OC[C@@H](O)C(O)[C@@H]2O)c(NC(C)(C)C)c1.O=C=O.[W].[Y]. The monoisotopic (exact) mass is 642 g/mol. The smallest absolute Gasteiger partial charge is 0.373 e. The fourth-order valence-corrected chi connectivity index (χ4v) is 2.41. The summed E-state index contributed by atoms with van der Waals surface area (Å²) in [4.78, 5) is 16.2. The maximum Gasteiger partial charge on any atom is 0.373 e. The van der Waals surface area contributed by atoms with Crippen LogP contribution < -0.4 is 10.1 Å². The Morgan fingerprint density at radius 1 is 1.21 bits per heavy atom. The van der Waals surface area contributed by atoms with Crippen molar-refractivity contribution in [3.05, 3.63) is 23.8 Å². The van der Waals surface area contributed by atoms with Crippen molar-refractivity contribution in [2.45, 2.75) is 64.3 Å². The molecule has 1 saturated heterocycles. The van der Waals surface area contributed by atoms with Crippen molar-refractivity contribution < 1.29 is 88.2 Å². The maximum absolute atomic E-state index is 10.0. The van der Waals surface area contributed by atoms with Crippen LogP contribution in [0.1, 0.15) is 33.3 Å². The van der Waals surface area contributed by atoms with Crippen LogP contribution in [0.5, 0.6) is 5.75 Å². The average Bonchev–Trinajstić information content (AvgIpc) is 2.56. The first kappa shape index (κ1) is 30.0. The topological polar surface area (TPSA) is 125 Å². The summed E-state index contributed by atoms with van der Waals surface area (Å²) in [5, 5.41) is 32.6. The first-order valence-corrected chi connectivity index (χ1v) is 8.35. The molecule has 4 N–H and O–H groups in total. The molecule has 1 radical (unpaired) electrons. The van der Waals surface area contributed by atoms with E-state index in [2.05, 4.69) is 12.2 Å². The Hall–Kier alpha value is -0.168. The van der Waals surface area contributed by atoms with E-state index in [9.17, 15) is 15.3 Å². The normalized spacial score (nSPS) is 23.7. The number of aliphatic hydroxyl groups excluding tert-OH is 3. The number of benzene rings is 1. The largest absolute Gasteiger partial charge is 0.460 e. The van der Waals surface area contributed by atoms with Gasteiger partial charge in [0.15, 0.2) is 0 Å². The van der Waals surface area contributed by atoms with E-state index >= 15 is 0 Å². The quantitative estimate of drug-likeness (QED) is 0.379. The van der Waals surface area contributed by atoms with Gasteiger partial charge in [-0.25, -0.2) is 0 Å². The Bertz CT molecular complexity index is 620. The van der Waals surface area contributed by atoms with Gasteiger partial charge in [0.05, 0.1) is 12.3 Å². The van der Waals surface area contributed by atoms with Crippen LogP contribution in [-0.2, 0) is 74.5 Å². The van der Waals surface area contributed by atoms with Gasteiger partial charge in [-0.1, -0.05) is 13.0 Å². The number of anilines is 1. The van der Waals surface area contributed by atoms with Gasteiger partial charge in [-0.05, 0) is 44.9 Å². The summed E-state index contributed by atoms with van der Waals surface area (Å²) >= 11 is 0. The van der Waals surface area contributed by atoms with Crippen LogP contribution in [0.4, 0.5) is 5.69 Å². The molecule has 2 rings (SSSR count). The molecule has 1 heterocycles. The van der Waals surface area contributed by atoms with Crippen LogP contribution in [0, 0.1) is 0 Å². The molecule has 155 valence electrons. The second-order valence-corrected chi connectivity index (χ2v) is 7.01. The fourth-order valence-electron chi connectivity index (χ4n) is 2.41. The molecule has 1 aromatic rings. The molecule has 0 saturated carbocycles. The van der Waals surface area contributed by atoms with Gasteiger partial charge in [0, 0.05) is 59.3 Å². The van der Waals surface area contributed by atoms with Gasteiger partial charge in [-0.2, -0.15) is 9.59 Å². The molecule has 1 unspecified atom stereocenters. The summed E-state index contributed by atoms with van der Waals surface area (Å²) in [6.45, 7) is 8.12. The molecule has 1 aliphatic heterocycles. The number of aliphatic hydroxyl groups is 3. The Morgan fingerprint density at radius 2 is 1.79 bits per heavy atom. The van der Waals surface area contributed by atoms with Crippen molar-refractivity contribution in [2.75, 3.05) is 11.9 Å². The molecular formula is C18H27NO7WY.